The van der Waals surface area contributed by atoms with Crippen LogP contribution in [0, 0.1) is 0 Å². The Kier molecular flexibility index (Phi) is 3.97. The number of H-pyrrole nitrogens is 1. The van der Waals surface area contributed by atoms with E-state index in [9.17, 15) is 4.79 Å². The van der Waals surface area contributed by atoms with Crippen molar-refractivity contribution in [3.05, 3.63) is 65.4 Å². The lowest BCUT2D eigenvalue weighted by molar-refractivity contribution is -0.135. The molecule has 0 spiro atoms. The van der Waals surface area contributed by atoms with E-state index in [1.165, 1.54) is 27.7 Å². The summed E-state index contributed by atoms with van der Waals surface area (Å²) in [6.07, 6.45) is 3.39. The Labute approximate surface area is 165 Å². The Balaban J connectivity index is 1.74. The summed E-state index contributed by atoms with van der Waals surface area (Å²) in [5.74, 6) is 1.16. The third-order valence-corrected chi connectivity index (χ3v) is 6.75. The average Bonchev–Trinajstić information content (AvgIpc) is 3.12. The molecule has 2 aromatic carbocycles. The van der Waals surface area contributed by atoms with Gasteiger partial charge < -0.3 is 14.6 Å². The lowest BCUT2D eigenvalue weighted by Gasteiger charge is -2.51. The highest BCUT2D eigenvalue weighted by Crippen LogP contribution is 2.52. The van der Waals surface area contributed by atoms with E-state index in [1.54, 1.807) is 7.11 Å². The fraction of sp³-hybridized carbons (Fsp3) is 0.375. The summed E-state index contributed by atoms with van der Waals surface area (Å²) in [5.41, 5.74) is 5.11. The number of nitrogens with one attached hydrogen (secondary N) is 1. The summed E-state index contributed by atoms with van der Waals surface area (Å²) in [6, 6.07) is 17.4. The van der Waals surface area contributed by atoms with Crippen LogP contribution >= 0.6 is 0 Å². The van der Waals surface area contributed by atoms with Crippen molar-refractivity contribution in [2.75, 3.05) is 13.7 Å². The minimum absolute atomic E-state index is 0.0864. The third kappa shape index (κ3) is 2.40. The van der Waals surface area contributed by atoms with Crippen molar-refractivity contribution in [1.82, 2.24) is 9.88 Å². The van der Waals surface area contributed by atoms with Gasteiger partial charge in [0, 0.05) is 47.4 Å². The summed E-state index contributed by atoms with van der Waals surface area (Å²) in [4.78, 5) is 18.4. The number of rotatable bonds is 3. The van der Waals surface area contributed by atoms with Gasteiger partial charge in [-0.2, -0.15) is 0 Å². The van der Waals surface area contributed by atoms with E-state index in [4.69, 9.17) is 4.74 Å². The van der Waals surface area contributed by atoms with E-state index in [0.29, 0.717) is 6.42 Å². The van der Waals surface area contributed by atoms with Crippen LogP contribution < -0.4 is 4.74 Å². The molecule has 2 atom stereocenters. The zero-order valence-corrected chi connectivity index (χ0v) is 16.5. The highest BCUT2D eigenvalue weighted by Gasteiger charge is 2.49. The van der Waals surface area contributed by atoms with Crippen molar-refractivity contribution in [3.63, 3.8) is 0 Å². The molecule has 1 saturated heterocycles. The highest BCUT2D eigenvalue weighted by molar-refractivity contribution is 5.87. The van der Waals surface area contributed by atoms with Gasteiger partial charge in [0.15, 0.2) is 0 Å². The number of ether oxygens (including phenoxy) is 1. The number of benzene rings is 2. The topological polar surface area (TPSA) is 45.3 Å². The predicted molar refractivity (Wildman–Crippen MR) is 111 cm³/mol. The van der Waals surface area contributed by atoms with Gasteiger partial charge in [0.2, 0.25) is 5.91 Å². The number of amides is 1. The zero-order chi connectivity index (χ0) is 19.3. The van der Waals surface area contributed by atoms with Gasteiger partial charge >= 0.3 is 0 Å². The summed E-state index contributed by atoms with van der Waals surface area (Å²) in [6.45, 7) is 2.77. The molecule has 28 heavy (non-hydrogen) atoms. The van der Waals surface area contributed by atoms with Crippen LogP contribution in [-0.4, -0.2) is 35.5 Å². The van der Waals surface area contributed by atoms with Gasteiger partial charge in [0.25, 0.3) is 0 Å². The Morgan fingerprint density at radius 3 is 2.93 bits per heavy atom. The normalized spacial score (nSPS) is 23.5. The third-order valence-electron chi connectivity index (χ3n) is 6.75. The number of methoxy groups -OCH3 is 1. The fourth-order valence-corrected chi connectivity index (χ4v) is 5.51. The van der Waals surface area contributed by atoms with Crippen LogP contribution in [0.4, 0.5) is 0 Å². The maximum Gasteiger partial charge on any atom is 0.222 e. The number of likely N-dealkylation sites (tertiary alicyclic amines) is 1. The molecule has 3 aromatic rings. The second-order valence-electron chi connectivity index (χ2n) is 8.09. The lowest BCUT2D eigenvalue weighted by Crippen LogP contribution is -2.55. The largest absolute Gasteiger partial charge is 0.497 e. The Morgan fingerprint density at radius 2 is 2.11 bits per heavy atom. The van der Waals surface area contributed by atoms with E-state index in [-0.39, 0.29) is 17.4 Å². The van der Waals surface area contributed by atoms with Crippen LogP contribution in [0.5, 0.6) is 5.75 Å². The SMILES string of the molecule is CCC(=O)N1CC[C@]2(c3cccc(OC)c3)C[C@H]1Cc1[nH]c3ccccc3c12. The molecule has 0 saturated carbocycles. The molecule has 0 radical (unpaired) electrons. The van der Waals surface area contributed by atoms with Crippen LogP contribution in [-0.2, 0) is 16.6 Å². The van der Waals surface area contributed by atoms with Crippen LogP contribution in [0.15, 0.2) is 48.5 Å². The molecule has 4 nitrogen and oxygen atoms in total. The number of aromatic amines is 1. The van der Waals surface area contributed by atoms with E-state index in [2.05, 4.69) is 52.3 Å². The number of fused-ring (bicyclic) bond motifs is 6. The fourth-order valence-electron chi connectivity index (χ4n) is 5.51. The summed E-state index contributed by atoms with van der Waals surface area (Å²) in [7, 11) is 1.72. The maximum atomic E-state index is 12.6. The van der Waals surface area contributed by atoms with Crippen LogP contribution in [0.1, 0.15) is 43.0 Å². The highest BCUT2D eigenvalue weighted by atomic mass is 16.5. The number of carbonyl (C=O) groups excluding carboxylic acids is 1. The van der Waals surface area contributed by atoms with E-state index < -0.39 is 0 Å². The molecule has 1 aromatic heterocycles. The average molecular weight is 374 g/mol. The maximum absolute atomic E-state index is 12.6. The molecule has 0 unspecified atom stereocenters. The minimum Gasteiger partial charge on any atom is -0.497 e. The van der Waals surface area contributed by atoms with Crippen molar-refractivity contribution < 1.29 is 9.53 Å². The first-order chi connectivity index (χ1) is 13.7. The van der Waals surface area contributed by atoms with Crippen molar-refractivity contribution in [2.45, 2.75) is 44.1 Å². The molecule has 2 heterocycles. The van der Waals surface area contributed by atoms with Crippen molar-refractivity contribution in [2.24, 2.45) is 0 Å². The molecule has 1 fully saturated rings. The van der Waals surface area contributed by atoms with Gasteiger partial charge in [0.05, 0.1) is 7.11 Å². The lowest BCUT2D eigenvalue weighted by atomic mass is 9.61. The zero-order valence-electron chi connectivity index (χ0n) is 16.5. The van der Waals surface area contributed by atoms with Gasteiger partial charge in [0.1, 0.15) is 5.75 Å². The first-order valence-electron chi connectivity index (χ1n) is 10.2. The van der Waals surface area contributed by atoms with Gasteiger partial charge in [-0.3, -0.25) is 4.79 Å². The molecule has 2 bridgehead atoms. The number of carbonyl (C=O) groups is 1. The second-order valence-corrected chi connectivity index (χ2v) is 8.09. The standard InChI is InChI=1S/C24H26N2O2/c1-3-22(27)26-12-11-24(16-7-6-8-18(13-16)28-2)15-17(26)14-21-23(24)19-9-4-5-10-20(19)25-21/h4-10,13,17,25H,3,11-12,14-15H2,1-2H3/t17-,24-/m1/s1. The van der Waals surface area contributed by atoms with Crippen molar-refractivity contribution in [3.8, 4) is 5.75 Å². The Morgan fingerprint density at radius 1 is 1.25 bits per heavy atom. The van der Waals surface area contributed by atoms with E-state index >= 15 is 0 Å². The molecule has 5 rings (SSSR count). The molecule has 1 aliphatic carbocycles. The number of hydrogen-bond donors (Lipinski definition) is 1. The Bertz CT molecular complexity index is 1050. The van der Waals surface area contributed by atoms with E-state index in [0.717, 1.165) is 31.6 Å². The predicted octanol–water partition coefficient (Wildman–Crippen LogP) is 4.42. The Hall–Kier alpha value is -2.75. The van der Waals surface area contributed by atoms with Crippen molar-refractivity contribution >= 4 is 16.8 Å². The quantitative estimate of drug-likeness (QED) is 0.738. The number of para-hydroxylation sites is 1. The first kappa shape index (κ1) is 17.4. The molecule has 4 heteroatoms. The number of nitrogens with zero attached hydrogens (tertiary/aromatic N) is 1. The van der Waals surface area contributed by atoms with Crippen LogP contribution in [0.2, 0.25) is 0 Å². The van der Waals surface area contributed by atoms with Gasteiger partial charge in [-0.15, -0.1) is 0 Å². The first-order valence-corrected chi connectivity index (χ1v) is 10.2. The number of aromatic nitrogens is 1. The van der Waals surface area contributed by atoms with Gasteiger partial charge in [-0.05, 0) is 42.2 Å². The molecule has 144 valence electrons. The van der Waals surface area contributed by atoms with Crippen molar-refractivity contribution in [1.29, 1.82) is 0 Å². The summed E-state index contributed by atoms with van der Waals surface area (Å²) in [5, 5.41) is 1.31. The molecule has 1 amide bonds. The molecular weight excluding hydrogens is 348 g/mol. The second kappa shape index (κ2) is 6.40. The van der Waals surface area contributed by atoms with Crippen LogP contribution in [0.3, 0.4) is 0 Å². The smallest absolute Gasteiger partial charge is 0.222 e. The number of hydrogen-bond acceptors (Lipinski definition) is 2. The molecule has 1 N–H and O–H groups in total. The molecule has 1 aliphatic heterocycles. The van der Waals surface area contributed by atoms with Crippen LogP contribution in [0.25, 0.3) is 10.9 Å². The molecular formula is C24H26N2O2. The van der Waals surface area contributed by atoms with Gasteiger partial charge in [-0.1, -0.05) is 37.3 Å². The van der Waals surface area contributed by atoms with Gasteiger partial charge in [-0.25, -0.2) is 0 Å². The monoisotopic (exact) mass is 374 g/mol. The number of piperidine rings is 1. The summed E-state index contributed by atoms with van der Waals surface area (Å²) < 4.78 is 5.54. The molecule has 2 aliphatic rings. The summed E-state index contributed by atoms with van der Waals surface area (Å²) >= 11 is 0. The minimum atomic E-state index is -0.0864. The van der Waals surface area contributed by atoms with E-state index in [1.807, 2.05) is 13.0 Å².